The Morgan fingerprint density at radius 3 is 2.77 bits per heavy atom. The van der Waals surface area contributed by atoms with Gasteiger partial charge in [-0.1, -0.05) is 0 Å². The summed E-state index contributed by atoms with van der Waals surface area (Å²) in [6, 6.07) is 5.95. The minimum Gasteiger partial charge on any atom is -0.494 e. The highest BCUT2D eigenvalue weighted by atomic mass is 16.5. The zero-order chi connectivity index (χ0) is 24.3. The van der Waals surface area contributed by atoms with Crippen LogP contribution in [0.3, 0.4) is 0 Å². The van der Waals surface area contributed by atoms with Gasteiger partial charge in [0.2, 0.25) is 0 Å². The number of carbonyl (C=O) groups excluding carboxylic acids is 1. The number of benzene rings is 1. The fourth-order valence-corrected chi connectivity index (χ4v) is 5.36. The predicted molar refractivity (Wildman–Crippen MR) is 135 cm³/mol. The summed E-state index contributed by atoms with van der Waals surface area (Å²) in [5.41, 5.74) is 10.4. The molecule has 1 aromatic carbocycles. The minimum atomic E-state index is -0.0169. The molecule has 4 aromatic rings. The Labute approximate surface area is 204 Å². The topological polar surface area (TPSA) is 96.1 Å². The van der Waals surface area contributed by atoms with Crippen molar-refractivity contribution in [2.75, 3.05) is 20.2 Å². The molecule has 9 nitrogen and oxygen atoms in total. The van der Waals surface area contributed by atoms with E-state index in [1.807, 2.05) is 28.8 Å². The van der Waals surface area contributed by atoms with Crippen LogP contribution in [0.15, 0.2) is 24.4 Å². The first kappa shape index (κ1) is 22.2. The Bertz CT molecular complexity index is 1420. The summed E-state index contributed by atoms with van der Waals surface area (Å²) in [4.78, 5) is 20.2. The van der Waals surface area contributed by atoms with Crippen molar-refractivity contribution >= 4 is 28.0 Å². The molecule has 2 fully saturated rings. The average molecular weight is 476 g/mol. The van der Waals surface area contributed by atoms with Gasteiger partial charge in [0.25, 0.3) is 5.91 Å². The number of aromatic nitrogens is 5. The number of fused-ring (bicyclic) bond motifs is 2. The van der Waals surface area contributed by atoms with Gasteiger partial charge in [-0.15, -0.1) is 0 Å². The first-order valence-electron chi connectivity index (χ1n) is 12.6. The molecule has 1 aliphatic heterocycles. The number of amides is 1. The molecule has 0 radical (unpaired) electrons. The van der Waals surface area contributed by atoms with Crippen LogP contribution in [0.25, 0.3) is 33.6 Å². The van der Waals surface area contributed by atoms with Crippen LogP contribution in [0.5, 0.6) is 5.75 Å². The van der Waals surface area contributed by atoms with Crippen molar-refractivity contribution in [2.24, 2.45) is 18.7 Å². The lowest BCUT2D eigenvalue weighted by Gasteiger charge is -2.30. The van der Waals surface area contributed by atoms with Crippen molar-refractivity contribution in [3.05, 3.63) is 30.0 Å². The van der Waals surface area contributed by atoms with E-state index in [0.29, 0.717) is 23.8 Å². The molecule has 0 bridgehead atoms. The summed E-state index contributed by atoms with van der Waals surface area (Å²) >= 11 is 0. The maximum atomic E-state index is 13.3. The van der Waals surface area contributed by atoms with Gasteiger partial charge in [0.1, 0.15) is 11.3 Å². The van der Waals surface area contributed by atoms with Gasteiger partial charge >= 0.3 is 0 Å². The molecular weight excluding hydrogens is 442 g/mol. The number of ether oxygens (including phenoxy) is 1. The summed E-state index contributed by atoms with van der Waals surface area (Å²) in [6.45, 7) is 5.21. The lowest BCUT2D eigenvalue weighted by molar-refractivity contribution is 0.0708. The Morgan fingerprint density at radius 2 is 2.06 bits per heavy atom. The van der Waals surface area contributed by atoms with Crippen LogP contribution in [-0.4, -0.2) is 60.9 Å². The normalized spacial score (nSPS) is 18.6. The third kappa shape index (κ3) is 3.78. The van der Waals surface area contributed by atoms with Gasteiger partial charge in [0.05, 0.1) is 18.3 Å². The molecule has 4 heterocycles. The Hall–Kier alpha value is -3.33. The van der Waals surface area contributed by atoms with Crippen LogP contribution in [0.4, 0.5) is 0 Å². The van der Waals surface area contributed by atoms with E-state index in [-0.39, 0.29) is 11.9 Å². The number of methoxy groups -OCH3 is 1. The maximum Gasteiger partial charge on any atom is 0.254 e. The molecule has 0 unspecified atom stereocenters. The first-order valence-corrected chi connectivity index (χ1v) is 12.6. The molecule has 35 heavy (non-hydrogen) atoms. The highest BCUT2D eigenvalue weighted by Gasteiger charge is 2.28. The van der Waals surface area contributed by atoms with E-state index < -0.39 is 0 Å². The number of likely N-dealkylation sites (tertiary alicyclic amines) is 1. The summed E-state index contributed by atoms with van der Waals surface area (Å²) < 4.78 is 12.1. The van der Waals surface area contributed by atoms with Crippen LogP contribution < -0.4 is 10.5 Å². The monoisotopic (exact) mass is 475 g/mol. The number of hydrogen-bond donors (Lipinski definition) is 1. The van der Waals surface area contributed by atoms with Gasteiger partial charge < -0.3 is 24.5 Å². The number of nitrogens with zero attached hydrogens (tertiary/aromatic N) is 6. The Kier molecular flexibility index (Phi) is 5.32. The van der Waals surface area contributed by atoms with E-state index in [4.69, 9.17) is 20.6 Å². The molecule has 1 saturated carbocycles. The molecule has 0 spiro atoms. The van der Waals surface area contributed by atoms with Gasteiger partial charge in [0.15, 0.2) is 11.5 Å². The largest absolute Gasteiger partial charge is 0.494 e. The Balaban J connectivity index is 1.46. The van der Waals surface area contributed by atoms with E-state index in [9.17, 15) is 4.79 Å². The van der Waals surface area contributed by atoms with Gasteiger partial charge in [-0.2, -0.15) is 5.10 Å². The van der Waals surface area contributed by atoms with Crippen molar-refractivity contribution in [3.8, 4) is 17.3 Å². The van der Waals surface area contributed by atoms with Crippen molar-refractivity contribution in [1.82, 2.24) is 28.8 Å². The summed E-state index contributed by atoms with van der Waals surface area (Å²) in [5, 5.41) is 5.95. The number of piperidine rings is 1. The summed E-state index contributed by atoms with van der Waals surface area (Å²) in [7, 11) is 3.65. The molecule has 9 heteroatoms. The highest BCUT2D eigenvalue weighted by Crippen LogP contribution is 2.37. The van der Waals surface area contributed by atoms with E-state index in [2.05, 4.69) is 28.3 Å². The number of hydrogen-bond acceptors (Lipinski definition) is 5. The lowest BCUT2D eigenvalue weighted by Crippen LogP contribution is -2.45. The van der Waals surface area contributed by atoms with Crippen LogP contribution in [0, 0.1) is 5.92 Å². The second-order valence-electron chi connectivity index (χ2n) is 10.0. The third-order valence-electron chi connectivity index (χ3n) is 7.45. The van der Waals surface area contributed by atoms with E-state index >= 15 is 0 Å². The van der Waals surface area contributed by atoms with E-state index in [0.717, 1.165) is 66.1 Å². The molecule has 2 N–H and O–H groups in total. The summed E-state index contributed by atoms with van der Waals surface area (Å²) in [6.07, 6.45) is 6.51. The number of rotatable bonds is 6. The molecule has 1 amide bonds. The molecular formula is C26H33N7O2. The molecule has 184 valence electrons. The zero-order valence-corrected chi connectivity index (χ0v) is 20.7. The standard InChI is InChI=1S/C26H33N7O2/c1-4-32-14-18-11-21(33(24(18)29-32)13-16-7-8-16)25-28-20-10-17(12-22(35-3)23(20)30(25)2)26(34)31-9-5-6-19(27)15-31/h10-12,14,16,19H,4-9,13,15,27H2,1-3H3/t19-/m1/s1. The van der Waals surface area contributed by atoms with Crippen LogP contribution in [0.2, 0.25) is 0 Å². The third-order valence-corrected chi connectivity index (χ3v) is 7.45. The zero-order valence-electron chi connectivity index (χ0n) is 20.7. The smallest absolute Gasteiger partial charge is 0.254 e. The number of nitrogens with two attached hydrogens (primary N) is 1. The predicted octanol–water partition coefficient (Wildman–Crippen LogP) is 3.39. The van der Waals surface area contributed by atoms with Crippen molar-refractivity contribution in [2.45, 2.75) is 51.7 Å². The average Bonchev–Trinajstić information content (AvgIpc) is 3.37. The minimum absolute atomic E-state index is 0.0169. The van der Waals surface area contributed by atoms with Gasteiger partial charge in [-0.3, -0.25) is 9.48 Å². The number of carbonyl (C=O) groups is 1. The highest BCUT2D eigenvalue weighted by molar-refractivity contribution is 6.00. The van der Waals surface area contributed by atoms with Crippen LogP contribution in [0.1, 0.15) is 43.0 Å². The SMILES string of the molecule is CCn1cc2cc(-c3nc4cc(C(=O)N5CCC[C@@H](N)C5)cc(OC)c4n3C)n(CC3CC3)c2n1. The van der Waals surface area contributed by atoms with Crippen LogP contribution in [-0.2, 0) is 20.1 Å². The molecule has 1 saturated heterocycles. The van der Waals surface area contributed by atoms with Gasteiger partial charge in [0, 0.05) is 56.4 Å². The Morgan fingerprint density at radius 1 is 1.23 bits per heavy atom. The van der Waals surface area contributed by atoms with Crippen molar-refractivity contribution < 1.29 is 9.53 Å². The second-order valence-corrected chi connectivity index (χ2v) is 10.0. The fourth-order valence-electron chi connectivity index (χ4n) is 5.36. The summed E-state index contributed by atoms with van der Waals surface area (Å²) in [5.74, 6) is 2.18. The molecule has 1 atom stereocenters. The second kappa shape index (κ2) is 8.41. The molecule has 6 rings (SSSR count). The quantitative estimate of drug-likeness (QED) is 0.461. The first-order chi connectivity index (χ1) is 17.0. The lowest BCUT2D eigenvalue weighted by atomic mass is 10.0. The fraction of sp³-hybridized carbons (Fsp3) is 0.500. The van der Waals surface area contributed by atoms with E-state index in [1.54, 1.807) is 7.11 Å². The molecule has 3 aromatic heterocycles. The van der Waals surface area contributed by atoms with Crippen molar-refractivity contribution in [1.29, 1.82) is 0 Å². The van der Waals surface area contributed by atoms with E-state index in [1.165, 1.54) is 12.8 Å². The molecule has 1 aliphatic carbocycles. The maximum absolute atomic E-state index is 13.3. The van der Waals surface area contributed by atoms with Gasteiger partial charge in [-0.05, 0) is 56.7 Å². The number of aryl methyl sites for hydroxylation is 2. The van der Waals surface area contributed by atoms with Gasteiger partial charge in [-0.25, -0.2) is 4.98 Å². The van der Waals surface area contributed by atoms with Crippen LogP contribution >= 0.6 is 0 Å². The molecule has 2 aliphatic rings. The van der Waals surface area contributed by atoms with Crippen molar-refractivity contribution in [3.63, 3.8) is 0 Å². The number of imidazole rings is 1.